The molecule has 3 rings (SSSR count). The number of ketones is 1. The van der Waals surface area contributed by atoms with Gasteiger partial charge >= 0.3 is 0 Å². The average Bonchev–Trinajstić information content (AvgIpc) is 3.10. The molecule has 0 bridgehead atoms. The summed E-state index contributed by atoms with van der Waals surface area (Å²) in [6, 6.07) is 8.46. The number of rotatable bonds is 5. The molecule has 0 saturated carbocycles. The second kappa shape index (κ2) is 6.60. The van der Waals surface area contributed by atoms with Crippen LogP contribution in [0.4, 0.5) is 5.95 Å². The highest BCUT2D eigenvalue weighted by Gasteiger charge is 2.13. The van der Waals surface area contributed by atoms with Crippen LogP contribution < -0.4 is 16.4 Å². The molecule has 0 spiro atoms. The fourth-order valence-corrected chi connectivity index (χ4v) is 2.47. The summed E-state index contributed by atoms with van der Waals surface area (Å²) in [6.07, 6.45) is 1.47. The van der Waals surface area contributed by atoms with Crippen LogP contribution in [0.5, 0.6) is 0 Å². The maximum atomic E-state index is 12.5. The van der Waals surface area contributed by atoms with Gasteiger partial charge in [-0.3, -0.25) is 29.8 Å². The van der Waals surface area contributed by atoms with Crippen molar-refractivity contribution in [2.45, 2.75) is 20.4 Å². The molecule has 0 aliphatic carbocycles. The zero-order valence-electron chi connectivity index (χ0n) is 13.8. The molecule has 0 unspecified atom stereocenters. The molecule has 3 aromatic rings. The molecule has 0 atom stereocenters. The summed E-state index contributed by atoms with van der Waals surface area (Å²) in [5.74, 6) is -0.380. The Morgan fingerprint density at radius 3 is 2.72 bits per heavy atom. The van der Waals surface area contributed by atoms with Crippen molar-refractivity contribution >= 4 is 28.5 Å². The highest BCUT2D eigenvalue weighted by Crippen LogP contribution is 2.10. The van der Waals surface area contributed by atoms with Crippen molar-refractivity contribution < 1.29 is 9.59 Å². The Morgan fingerprint density at radius 2 is 2.04 bits per heavy atom. The summed E-state index contributed by atoms with van der Waals surface area (Å²) in [5, 5.41) is 0.511. The number of amides is 1. The molecular weight excluding hydrogens is 322 g/mol. The van der Waals surface area contributed by atoms with E-state index in [0.29, 0.717) is 23.0 Å². The minimum Gasteiger partial charge on any atom is -0.356 e. The quantitative estimate of drug-likeness (QED) is 0.484. The van der Waals surface area contributed by atoms with Crippen LogP contribution in [0, 0.1) is 0 Å². The summed E-state index contributed by atoms with van der Waals surface area (Å²) < 4.78 is 1.43. The molecule has 2 heterocycles. The number of nitrogens with one attached hydrogen (secondary N) is 3. The van der Waals surface area contributed by atoms with Gasteiger partial charge in [0.05, 0.1) is 10.9 Å². The minimum absolute atomic E-state index is 0.140. The molecule has 0 aliphatic rings. The average molecular weight is 339 g/mol. The number of nitrogens with zero attached hydrogens (tertiary/aromatic N) is 2. The molecule has 3 N–H and O–H groups in total. The smallest absolute Gasteiger partial charge is 0.286 e. The number of H-pyrrole nitrogens is 1. The van der Waals surface area contributed by atoms with E-state index in [2.05, 4.69) is 20.8 Å². The topological polar surface area (TPSA) is 109 Å². The lowest BCUT2D eigenvalue weighted by molar-refractivity contribution is 0.0957. The summed E-state index contributed by atoms with van der Waals surface area (Å²) >= 11 is 0. The monoisotopic (exact) mass is 339 g/mol. The van der Waals surface area contributed by atoms with E-state index in [1.54, 1.807) is 24.3 Å². The Labute approximate surface area is 142 Å². The Balaban J connectivity index is 1.86. The van der Waals surface area contributed by atoms with Crippen molar-refractivity contribution in [3.8, 4) is 0 Å². The summed E-state index contributed by atoms with van der Waals surface area (Å²) in [4.78, 5) is 43.1. The van der Waals surface area contributed by atoms with Crippen molar-refractivity contribution in [1.82, 2.24) is 20.0 Å². The van der Waals surface area contributed by atoms with Crippen LogP contribution in [0.25, 0.3) is 10.9 Å². The number of hydrogen-bond acceptors (Lipinski definition) is 5. The summed E-state index contributed by atoms with van der Waals surface area (Å²) in [5.41, 5.74) is 6.15. The highest BCUT2D eigenvalue weighted by molar-refractivity contribution is 5.99. The van der Waals surface area contributed by atoms with Crippen molar-refractivity contribution in [2.75, 3.05) is 5.43 Å². The number of aromatic nitrogens is 3. The first kappa shape index (κ1) is 16.4. The lowest BCUT2D eigenvalue weighted by Gasteiger charge is -2.13. The highest BCUT2D eigenvalue weighted by atomic mass is 16.2. The first-order valence-electron chi connectivity index (χ1n) is 7.76. The normalized spacial score (nSPS) is 10.6. The van der Waals surface area contributed by atoms with Gasteiger partial charge in [-0.1, -0.05) is 12.1 Å². The number of para-hydroxylation sites is 1. The van der Waals surface area contributed by atoms with Gasteiger partial charge < -0.3 is 4.98 Å². The molecule has 0 radical (unpaired) electrons. The van der Waals surface area contributed by atoms with Gasteiger partial charge in [-0.2, -0.15) is 0 Å². The number of anilines is 1. The number of carbonyl (C=O) groups is 2. The van der Waals surface area contributed by atoms with E-state index in [-0.39, 0.29) is 23.0 Å². The van der Waals surface area contributed by atoms with Gasteiger partial charge in [-0.15, -0.1) is 0 Å². The Bertz CT molecular complexity index is 1020. The van der Waals surface area contributed by atoms with Crippen LogP contribution in [0.1, 0.15) is 34.7 Å². The van der Waals surface area contributed by atoms with Crippen LogP contribution in [-0.4, -0.2) is 26.2 Å². The van der Waals surface area contributed by atoms with Crippen molar-refractivity contribution in [2.24, 2.45) is 0 Å². The Morgan fingerprint density at radius 1 is 1.28 bits per heavy atom. The number of aromatic amines is 1. The molecule has 2 aromatic heterocycles. The van der Waals surface area contributed by atoms with Gasteiger partial charge in [0.25, 0.3) is 11.5 Å². The number of hydrogen-bond donors (Lipinski definition) is 3. The van der Waals surface area contributed by atoms with E-state index in [1.165, 1.54) is 23.8 Å². The standard InChI is InChI=1S/C17H17N5O3/c1-3-22-16(25)12-6-4-5-7-13(12)19-17(22)21-20-15(24)14-8-11(9-18-14)10(2)23/h4-9,18H,3H2,1-2H3,(H,19,21)(H,20,24). The van der Waals surface area contributed by atoms with E-state index in [9.17, 15) is 14.4 Å². The predicted molar refractivity (Wildman–Crippen MR) is 93.6 cm³/mol. The molecular formula is C17H17N5O3. The molecule has 0 aliphatic heterocycles. The zero-order valence-corrected chi connectivity index (χ0v) is 13.8. The molecule has 8 nitrogen and oxygen atoms in total. The van der Waals surface area contributed by atoms with Crippen molar-refractivity contribution in [3.63, 3.8) is 0 Å². The van der Waals surface area contributed by atoms with Gasteiger partial charge in [0.15, 0.2) is 5.78 Å². The number of Topliss-reactive ketones (excluding diaryl/α,β-unsaturated/α-hetero) is 1. The number of carbonyl (C=O) groups excluding carboxylic acids is 2. The fourth-order valence-electron chi connectivity index (χ4n) is 2.47. The molecule has 25 heavy (non-hydrogen) atoms. The lowest BCUT2D eigenvalue weighted by atomic mass is 10.2. The molecule has 0 saturated heterocycles. The maximum Gasteiger partial charge on any atom is 0.286 e. The van der Waals surface area contributed by atoms with Crippen molar-refractivity contribution in [3.05, 3.63) is 58.1 Å². The van der Waals surface area contributed by atoms with Gasteiger partial charge in [0, 0.05) is 18.3 Å². The van der Waals surface area contributed by atoms with E-state index < -0.39 is 5.91 Å². The Hall–Kier alpha value is -3.42. The molecule has 128 valence electrons. The lowest BCUT2D eigenvalue weighted by Crippen LogP contribution is -2.34. The third kappa shape index (κ3) is 3.14. The number of benzene rings is 1. The van der Waals surface area contributed by atoms with E-state index in [4.69, 9.17) is 0 Å². The van der Waals surface area contributed by atoms with Gasteiger partial charge in [0.2, 0.25) is 5.95 Å². The van der Waals surface area contributed by atoms with Gasteiger partial charge in [-0.05, 0) is 32.0 Å². The first-order valence-corrected chi connectivity index (χ1v) is 7.76. The first-order chi connectivity index (χ1) is 12.0. The van der Waals surface area contributed by atoms with E-state index in [1.807, 2.05) is 6.92 Å². The maximum absolute atomic E-state index is 12.5. The number of fused-ring (bicyclic) bond motifs is 1. The molecule has 8 heteroatoms. The van der Waals surface area contributed by atoms with Crippen LogP contribution in [0.15, 0.2) is 41.3 Å². The molecule has 0 fully saturated rings. The third-order valence-electron chi connectivity index (χ3n) is 3.80. The minimum atomic E-state index is -0.474. The molecule has 1 amide bonds. The Kier molecular flexibility index (Phi) is 4.34. The molecule has 1 aromatic carbocycles. The van der Waals surface area contributed by atoms with E-state index in [0.717, 1.165) is 0 Å². The van der Waals surface area contributed by atoms with Crippen LogP contribution in [0.3, 0.4) is 0 Å². The van der Waals surface area contributed by atoms with Crippen molar-refractivity contribution in [1.29, 1.82) is 0 Å². The largest absolute Gasteiger partial charge is 0.356 e. The van der Waals surface area contributed by atoms with Gasteiger partial charge in [0.1, 0.15) is 5.69 Å². The third-order valence-corrected chi connectivity index (χ3v) is 3.80. The van der Waals surface area contributed by atoms with Crippen LogP contribution in [0.2, 0.25) is 0 Å². The van der Waals surface area contributed by atoms with Crippen LogP contribution in [-0.2, 0) is 6.54 Å². The summed E-state index contributed by atoms with van der Waals surface area (Å²) in [7, 11) is 0. The zero-order chi connectivity index (χ0) is 18.0. The second-order valence-corrected chi connectivity index (χ2v) is 5.44. The SMILES string of the molecule is CCn1c(NNC(=O)c2cc(C(C)=O)c[nH]2)nc2ccccc2c1=O. The van der Waals surface area contributed by atoms with E-state index >= 15 is 0 Å². The summed E-state index contributed by atoms with van der Waals surface area (Å²) in [6.45, 7) is 3.63. The fraction of sp³-hybridized carbons (Fsp3) is 0.176. The predicted octanol–water partition coefficient (Wildman–Crippen LogP) is 1.70. The number of hydrazine groups is 1. The van der Waals surface area contributed by atoms with Gasteiger partial charge in [-0.25, -0.2) is 4.98 Å². The van der Waals surface area contributed by atoms with Crippen LogP contribution >= 0.6 is 0 Å². The second-order valence-electron chi connectivity index (χ2n) is 5.44.